The lowest BCUT2D eigenvalue weighted by Crippen LogP contribution is -2.24. The zero-order chi connectivity index (χ0) is 14.3. The predicted molar refractivity (Wildman–Crippen MR) is 77.9 cm³/mol. The minimum absolute atomic E-state index is 0.00200. The van der Waals surface area contributed by atoms with Crippen LogP contribution in [0.2, 0.25) is 0 Å². The van der Waals surface area contributed by atoms with Crippen LogP contribution < -0.4 is 5.32 Å². The minimum Gasteiger partial charge on any atom is -0.370 e. The van der Waals surface area contributed by atoms with E-state index in [0.717, 1.165) is 30.9 Å². The van der Waals surface area contributed by atoms with Gasteiger partial charge in [-0.1, -0.05) is 27.7 Å². The van der Waals surface area contributed by atoms with E-state index in [1.165, 1.54) is 0 Å². The molecule has 1 atom stereocenters. The average Bonchev–Trinajstić information content (AvgIpc) is 2.36. The molecular formula is C15H27N3O. The van der Waals surface area contributed by atoms with Gasteiger partial charge in [0.1, 0.15) is 6.10 Å². The number of hydrogen-bond donors (Lipinski definition) is 1. The van der Waals surface area contributed by atoms with Gasteiger partial charge in [-0.3, -0.25) is 0 Å². The van der Waals surface area contributed by atoms with Crippen LogP contribution in [0.25, 0.3) is 0 Å². The van der Waals surface area contributed by atoms with Gasteiger partial charge in [-0.15, -0.1) is 0 Å². The minimum atomic E-state index is -0.0600. The Labute approximate surface area is 117 Å². The lowest BCUT2D eigenvalue weighted by Gasteiger charge is -2.29. The molecule has 19 heavy (non-hydrogen) atoms. The summed E-state index contributed by atoms with van der Waals surface area (Å²) in [6.07, 6.45) is 4.86. The van der Waals surface area contributed by atoms with Gasteiger partial charge < -0.3 is 10.1 Å². The molecule has 1 rings (SSSR count). The third-order valence-corrected chi connectivity index (χ3v) is 2.84. The van der Waals surface area contributed by atoms with Crippen LogP contribution in [0, 0.1) is 5.41 Å². The van der Waals surface area contributed by atoms with E-state index in [1.807, 2.05) is 19.3 Å². The van der Waals surface area contributed by atoms with E-state index >= 15 is 0 Å². The van der Waals surface area contributed by atoms with Crippen LogP contribution in [0.5, 0.6) is 0 Å². The highest BCUT2D eigenvalue weighted by Crippen LogP contribution is 2.33. The molecule has 4 heteroatoms. The molecule has 108 valence electrons. The monoisotopic (exact) mass is 265 g/mol. The number of aromatic nitrogens is 2. The van der Waals surface area contributed by atoms with Crippen molar-refractivity contribution in [2.24, 2.45) is 5.41 Å². The van der Waals surface area contributed by atoms with E-state index in [1.54, 1.807) is 0 Å². The van der Waals surface area contributed by atoms with E-state index in [4.69, 9.17) is 4.74 Å². The summed E-state index contributed by atoms with van der Waals surface area (Å²) in [6, 6.07) is 0. The number of rotatable bonds is 7. The standard InChI is InChI=1S/C15H27N3O/c1-6-8-16-9-12-10-17-14(18-11-12)13(19-7-2)15(3,4)5/h10-11,13,16H,6-9H2,1-5H3. The van der Waals surface area contributed by atoms with Crippen LogP contribution in [-0.4, -0.2) is 23.1 Å². The van der Waals surface area contributed by atoms with Crippen LogP contribution in [0.15, 0.2) is 12.4 Å². The molecule has 0 fully saturated rings. The Morgan fingerprint density at radius 1 is 1.21 bits per heavy atom. The quantitative estimate of drug-likeness (QED) is 0.770. The van der Waals surface area contributed by atoms with Gasteiger partial charge in [-0.05, 0) is 25.3 Å². The molecule has 0 amide bonds. The number of nitrogens with zero attached hydrogens (tertiary/aromatic N) is 2. The SMILES string of the molecule is CCCNCc1cnc(C(OCC)C(C)(C)C)nc1. The molecule has 0 radical (unpaired) electrons. The van der Waals surface area contributed by atoms with Crippen LogP contribution in [-0.2, 0) is 11.3 Å². The van der Waals surface area contributed by atoms with Crippen molar-refractivity contribution in [3.05, 3.63) is 23.8 Å². The van der Waals surface area contributed by atoms with Crippen molar-refractivity contribution in [3.63, 3.8) is 0 Å². The Balaban J connectivity index is 2.72. The van der Waals surface area contributed by atoms with Crippen molar-refractivity contribution in [2.45, 2.75) is 53.7 Å². The van der Waals surface area contributed by atoms with Crippen molar-refractivity contribution < 1.29 is 4.74 Å². The third kappa shape index (κ3) is 5.25. The maximum absolute atomic E-state index is 5.79. The second kappa shape index (κ2) is 7.56. The molecule has 0 aliphatic carbocycles. The van der Waals surface area contributed by atoms with Crippen LogP contribution in [0.4, 0.5) is 0 Å². The van der Waals surface area contributed by atoms with Gasteiger partial charge in [0.25, 0.3) is 0 Å². The Morgan fingerprint density at radius 2 is 1.84 bits per heavy atom. The highest BCUT2D eigenvalue weighted by molar-refractivity contribution is 5.07. The lowest BCUT2D eigenvalue weighted by atomic mass is 9.88. The van der Waals surface area contributed by atoms with Gasteiger partial charge in [0.2, 0.25) is 0 Å². The highest BCUT2D eigenvalue weighted by atomic mass is 16.5. The fraction of sp³-hybridized carbons (Fsp3) is 0.733. The molecule has 0 saturated carbocycles. The second-order valence-electron chi connectivity index (χ2n) is 5.83. The van der Waals surface area contributed by atoms with Crippen LogP contribution in [0.1, 0.15) is 58.5 Å². The molecule has 0 aromatic carbocycles. The summed E-state index contributed by atoms with van der Waals surface area (Å²) in [5.41, 5.74) is 1.11. The van der Waals surface area contributed by atoms with E-state index in [-0.39, 0.29) is 11.5 Å². The van der Waals surface area contributed by atoms with E-state index in [0.29, 0.717) is 6.61 Å². The molecular weight excluding hydrogens is 238 g/mol. The Morgan fingerprint density at radius 3 is 2.32 bits per heavy atom. The van der Waals surface area contributed by atoms with Crippen molar-refractivity contribution in [1.29, 1.82) is 0 Å². The molecule has 0 spiro atoms. The first kappa shape index (κ1) is 16.1. The first-order valence-corrected chi connectivity index (χ1v) is 7.12. The Kier molecular flexibility index (Phi) is 6.38. The molecule has 1 aromatic rings. The van der Waals surface area contributed by atoms with Crippen molar-refractivity contribution >= 4 is 0 Å². The fourth-order valence-corrected chi connectivity index (χ4v) is 1.88. The normalized spacial score (nSPS) is 13.5. The number of nitrogens with one attached hydrogen (secondary N) is 1. The van der Waals surface area contributed by atoms with Gasteiger partial charge in [-0.25, -0.2) is 9.97 Å². The van der Waals surface area contributed by atoms with Crippen LogP contribution in [0.3, 0.4) is 0 Å². The van der Waals surface area contributed by atoms with Gasteiger partial charge in [0.05, 0.1) is 0 Å². The largest absolute Gasteiger partial charge is 0.370 e. The zero-order valence-corrected chi connectivity index (χ0v) is 12.9. The molecule has 1 heterocycles. The molecule has 1 N–H and O–H groups in total. The third-order valence-electron chi connectivity index (χ3n) is 2.84. The molecule has 0 saturated heterocycles. The summed E-state index contributed by atoms with van der Waals surface area (Å²) in [5, 5.41) is 3.34. The van der Waals surface area contributed by atoms with Crippen LogP contribution >= 0.6 is 0 Å². The average molecular weight is 265 g/mol. The molecule has 4 nitrogen and oxygen atoms in total. The number of ether oxygens (including phenoxy) is 1. The smallest absolute Gasteiger partial charge is 0.157 e. The molecule has 1 aromatic heterocycles. The van der Waals surface area contributed by atoms with Gasteiger partial charge in [0.15, 0.2) is 5.82 Å². The van der Waals surface area contributed by atoms with Gasteiger partial charge in [-0.2, -0.15) is 0 Å². The van der Waals surface area contributed by atoms with Gasteiger partial charge >= 0.3 is 0 Å². The van der Waals surface area contributed by atoms with Crippen molar-refractivity contribution in [2.75, 3.05) is 13.2 Å². The summed E-state index contributed by atoms with van der Waals surface area (Å²) >= 11 is 0. The summed E-state index contributed by atoms with van der Waals surface area (Å²) in [4.78, 5) is 8.93. The maximum Gasteiger partial charge on any atom is 0.157 e. The first-order valence-electron chi connectivity index (χ1n) is 7.12. The predicted octanol–water partition coefficient (Wildman–Crippen LogP) is 3.10. The van der Waals surface area contributed by atoms with E-state index in [2.05, 4.69) is 43.0 Å². The lowest BCUT2D eigenvalue weighted by molar-refractivity contribution is -0.0191. The molecule has 1 unspecified atom stereocenters. The first-order chi connectivity index (χ1) is 8.99. The van der Waals surface area contributed by atoms with Crippen molar-refractivity contribution in [3.8, 4) is 0 Å². The Bertz CT molecular complexity index is 357. The molecule has 0 bridgehead atoms. The summed E-state index contributed by atoms with van der Waals surface area (Å²) in [6.45, 7) is 13.1. The van der Waals surface area contributed by atoms with E-state index < -0.39 is 0 Å². The van der Waals surface area contributed by atoms with Crippen molar-refractivity contribution in [1.82, 2.24) is 15.3 Å². The summed E-state index contributed by atoms with van der Waals surface area (Å²) in [5.74, 6) is 0.772. The number of hydrogen-bond acceptors (Lipinski definition) is 4. The van der Waals surface area contributed by atoms with Gasteiger partial charge in [0, 0.05) is 31.1 Å². The zero-order valence-electron chi connectivity index (χ0n) is 12.9. The second-order valence-corrected chi connectivity index (χ2v) is 5.83. The maximum atomic E-state index is 5.79. The molecule has 0 aliphatic rings. The summed E-state index contributed by atoms with van der Waals surface area (Å²) < 4.78 is 5.79. The summed E-state index contributed by atoms with van der Waals surface area (Å²) in [7, 11) is 0. The Hall–Kier alpha value is -1.00. The topological polar surface area (TPSA) is 47.0 Å². The fourth-order valence-electron chi connectivity index (χ4n) is 1.88. The highest BCUT2D eigenvalue weighted by Gasteiger charge is 2.29. The van der Waals surface area contributed by atoms with E-state index in [9.17, 15) is 0 Å². The molecule has 0 aliphatic heterocycles.